The van der Waals surface area contributed by atoms with E-state index in [4.69, 9.17) is 4.74 Å². The molecule has 1 N–H and O–H groups in total. The van der Waals surface area contributed by atoms with E-state index in [2.05, 4.69) is 123 Å². The van der Waals surface area contributed by atoms with Crippen LogP contribution in [0.3, 0.4) is 0 Å². The number of amides is 1. The monoisotopic (exact) mass is 580 g/mol. The zero-order valence-corrected chi connectivity index (χ0v) is 24.3. The van der Waals surface area contributed by atoms with Crippen LogP contribution < -0.4 is 5.32 Å². The highest BCUT2D eigenvalue weighted by atomic mass is 16.5. The second kappa shape index (κ2) is 11.8. The van der Waals surface area contributed by atoms with E-state index in [0.717, 1.165) is 0 Å². The van der Waals surface area contributed by atoms with Crippen LogP contribution in [0.2, 0.25) is 0 Å². The largest absolute Gasteiger partial charge is 0.352 e. The van der Waals surface area contributed by atoms with Crippen LogP contribution in [0.1, 0.15) is 40.2 Å². The van der Waals surface area contributed by atoms with Crippen LogP contribution >= 0.6 is 0 Å². The Morgan fingerprint density at radius 1 is 0.750 bits per heavy atom. The van der Waals surface area contributed by atoms with Crippen molar-refractivity contribution >= 4 is 22.9 Å². The number of aromatic nitrogens is 4. The summed E-state index contributed by atoms with van der Waals surface area (Å²) in [5, 5.41) is 2.91. The van der Waals surface area contributed by atoms with Gasteiger partial charge in [-0.2, -0.15) is 0 Å². The number of fused-ring (bicyclic) bond motifs is 1. The quantitative estimate of drug-likeness (QED) is 0.224. The number of hydrogen-bond donors (Lipinski definition) is 1. The van der Waals surface area contributed by atoms with Crippen molar-refractivity contribution in [2.24, 2.45) is 0 Å². The molecule has 0 saturated carbocycles. The van der Waals surface area contributed by atoms with Gasteiger partial charge in [-0.15, -0.1) is 0 Å². The van der Waals surface area contributed by atoms with Crippen molar-refractivity contribution in [2.45, 2.75) is 24.8 Å². The van der Waals surface area contributed by atoms with E-state index in [1.54, 1.807) is 18.5 Å². The summed E-state index contributed by atoms with van der Waals surface area (Å²) in [5.74, 6) is 0.0998. The van der Waals surface area contributed by atoms with Gasteiger partial charge in [0.25, 0.3) is 5.91 Å². The normalized spacial score (nSPS) is 17.4. The van der Waals surface area contributed by atoms with Crippen molar-refractivity contribution in [1.82, 2.24) is 24.4 Å². The minimum absolute atomic E-state index is 0.0965. The lowest BCUT2D eigenvalue weighted by molar-refractivity contribution is -0.128. The van der Waals surface area contributed by atoms with E-state index in [1.165, 1.54) is 23.0 Å². The van der Waals surface area contributed by atoms with Gasteiger partial charge in [0, 0.05) is 18.7 Å². The average molecular weight is 581 g/mol. The molecule has 0 spiro atoms. The van der Waals surface area contributed by atoms with Crippen molar-refractivity contribution in [2.75, 3.05) is 18.4 Å². The Morgan fingerprint density at radius 2 is 1.30 bits per heavy atom. The van der Waals surface area contributed by atoms with Gasteiger partial charge in [-0.05, 0) is 35.7 Å². The standard InChI is InChI=1S/C36H32N6O2/c1-26-22-41(36(28-16-8-3-9-17-28,29-18-10-4-11-19-29)30-20-12-5-13-21-30)23-31(44-26)42-25-39-32-33(37-24-38-34(32)42)40-35(43)27-14-6-2-7-15-27/h2-21,24-26,31H,22-23H2,1H3,(H,37,38,40,43). The fourth-order valence-corrected chi connectivity index (χ4v) is 6.36. The number of imidazole rings is 1. The van der Waals surface area contributed by atoms with Gasteiger partial charge in [0.2, 0.25) is 0 Å². The second-order valence-electron chi connectivity index (χ2n) is 11.0. The summed E-state index contributed by atoms with van der Waals surface area (Å²) < 4.78 is 8.54. The molecule has 0 radical (unpaired) electrons. The van der Waals surface area contributed by atoms with Gasteiger partial charge in [-0.1, -0.05) is 109 Å². The summed E-state index contributed by atoms with van der Waals surface area (Å²) in [4.78, 5) is 29.0. The van der Waals surface area contributed by atoms with E-state index >= 15 is 0 Å². The van der Waals surface area contributed by atoms with Crippen LogP contribution in [0.25, 0.3) is 11.2 Å². The fourth-order valence-electron chi connectivity index (χ4n) is 6.36. The summed E-state index contributed by atoms with van der Waals surface area (Å²) in [5.41, 5.74) is 4.58. The first-order valence-electron chi connectivity index (χ1n) is 14.8. The number of carbonyl (C=O) groups is 1. The maximum Gasteiger partial charge on any atom is 0.256 e. The maximum absolute atomic E-state index is 12.9. The predicted molar refractivity (Wildman–Crippen MR) is 170 cm³/mol. The van der Waals surface area contributed by atoms with Gasteiger partial charge in [0.1, 0.15) is 12.6 Å². The molecule has 1 saturated heterocycles. The van der Waals surface area contributed by atoms with Gasteiger partial charge in [0.05, 0.1) is 18.0 Å². The third kappa shape index (κ3) is 4.94. The highest BCUT2D eigenvalue weighted by Crippen LogP contribution is 2.44. The molecule has 7 rings (SSSR count). The molecule has 4 aromatic carbocycles. The van der Waals surface area contributed by atoms with Crippen LogP contribution in [-0.2, 0) is 10.3 Å². The summed E-state index contributed by atoms with van der Waals surface area (Å²) >= 11 is 0. The summed E-state index contributed by atoms with van der Waals surface area (Å²) in [7, 11) is 0. The Kier molecular flexibility index (Phi) is 7.43. The number of carbonyl (C=O) groups excluding carboxylic acids is 1. The molecule has 6 aromatic rings. The molecule has 44 heavy (non-hydrogen) atoms. The lowest BCUT2D eigenvalue weighted by Crippen LogP contribution is -2.56. The van der Waals surface area contributed by atoms with Crippen molar-refractivity contribution in [1.29, 1.82) is 0 Å². The summed E-state index contributed by atoms with van der Waals surface area (Å²) in [6.45, 7) is 3.36. The molecule has 2 aromatic heterocycles. The Hall–Kier alpha value is -5.18. The van der Waals surface area contributed by atoms with E-state index < -0.39 is 11.8 Å². The molecule has 8 heteroatoms. The SMILES string of the molecule is CC1CN(C(c2ccccc2)(c2ccccc2)c2ccccc2)CC(n2cnc3c(NC(=O)c4ccccc4)ncnc32)O1. The lowest BCUT2D eigenvalue weighted by atomic mass is 9.75. The topological polar surface area (TPSA) is 85.2 Å². The maximum atomic E-state index is 12.9. The number of nitrogens with one attached hydrogen (secondary N) is 1. The van der Waals surface area contributed by atoms with Crippen molar-refractivity contribution in [3.63, 3.8) is 0 Å². The first-order valence-corrected chi connectivity index (χ1v) is 14.8. The first-order chi connectivity index (χ1) is 21.6. The molecule has 0 aliphatic carbocycles. The third-order valence-corrected chi connectivity index (χ3v) is 8.23. The van der Waals surface area contributed by atoms with Crippen LogP contribution in [-0.4, -0.2) is 49.5 Å². The molecular formula is C36H32N6O2. The highest BCUT2D eigenvalue weighted by Gasteiger charge is 2.45. The number of morpholine rings is 1. The average Bonchev–Trinajstić information content (AvgIpc) is 3.52. The molecule has 1 aliphatic rings. The molecule has 2 atom stereocenters. The van der Waals surface area contributed by atoms with Gasteiger partial charge >= 0.3 is 0 Å². The number of ether oxygens (including phenoxy) is 1. The number of nitrogens with zero attached hydrogens (tertiary/aromatic N) is 5. The molecule has 218 valence electrons. The Balaban J connectivity index is 1.31. The third-order valence-electron chi connectivity index (χ3n) is 8.23. The summed E-state index contributed by atoms with van der Waals surface area (Å²) in [6.07, 6.45) is 2.69. The molecule has 3 heterocycles. The van der Waals surface area contributed by atoms with Gasteiger partial charge in [-0.25, -0.2) is 15.0 Å². The first kappa shape index (κ1) is 27.6. The predicted octanol–water partition coefficient (Wildman–Crippen LogP) is 6.29. The fraction of sp³-hybridized carbons (Fsp3) is 0.167. The van der Waals surface area contributed by atoms with Gasteiger partial charge < -0.3 is 10.1 Å². The van der Waals surface area contributed by atoms with Gasteiger partial charge in [-0.3, -0.25) is 14.3 Å². The zero-order chi connectivity index (χ0) is 29.9. The van der Waals surface area contributed by atoms with Crippen molar-refractivity contribution in [3.8, 4) is 0 Å². The molecule has 1 amide bonds. The van der Waals surface area contributed by atoms with Crippen LogP contribution in [0, 0.1) is 0 Å². The minimum atomic E-state index is -0.583. The number of hydrogen-bond acceptors (Lipinski definition) is 6. The van der Waals surface area contributed by atoms with Gasteiger partial charge in [0.15, 0.2) is 17.0 Å². The van der Waals surface area contributed by atoms with E-state index in [9.17, 15) is 4.79 Å². The van der Waals surface area contributed by atoms with Crippen molar-refractivity contribution < 1.29 is 9.53 Å². The molecule has 2 unspecified atom stereocenters. The van der Waals surface area contributed by atoms with Crippen LogP contribution in [0.15, 0.2) is 134 Å². The Bertz CT molecular complexity index is 1770. The Morgan fingerprint density at radius 3 is 1.86 bits per heavy atom. The smallest absolute Gasteiger partial charge is 0.256 e. The summed E-state index contributed by atoms with van der Waals surface area (Å²) in [6, 6.07) is 41.0. The number of rotatable bonds is 7. The zero-order valence-electron chi connectivity index (χ0n) is 24.3. The lowest BCUT2D eigenvalue weighted by Gasteiger charge is -2.50. The molecule has 0 bridgehead atoms. The highest BCUT2D eigenvalue weighted by molar-refractivity contribution is 6.06. The molecule has 8 nitrogen and oxygen atoms in total. The van der Waals surface area contributed by atoms with E-state index in [1.807, 2.05) is 22.8 Å². The van der Waals surface area contributed by atoms with E-state index in [0.29, 0.717) is 35.6 Å². The molecular weight excluding hydrogens is 548 g/mol. The molecule has 1 fully saturated rings. The number of anilines is 1. The Labute approximate surface area is 256 Å². The molecule has 1 aliphatic heterocycles. The van der Waals surface area contributed by atoms with Crippen LogP contribution in [0.5, 0.6) is 0 Å². The van der Waals surface area contributed by atoms with E-state index in [-0.39, 0.29) is 12.0 Å². The number of benzene rings is 4. The minimum Gasteiger partial charge on any atom is -0.352 e. The second-order valence-corrected chi connectivity index (χ2v) is 11.0. The van der Waals surface area contributed by atoms with Crippen molar-refractivity contribution in [3.05, 3.63) is 156 Å². The van der Waals surface area contributed by atoms with Crippen LogP contribution in [0.4, 0.5) is 5.82 Å².